The predicted octanol–water partition coefficient (Wildman–Crippen LogP) is 5.29. The fraction of sp³-hybridized carbons (Fsp3) is 0.207. The molecule has 3 amide bonds. The molecule has 0 N–H and O–H groups in total. The Balaban J connectivity index is 1.73. The van der Waals surface area contributed by atoms with Crippen LogP contribution in [0, 0.1) is 0 Å². The molecule has 0 radical (unpaired) electrons. The third-order valence-electron chi connectivity index (χ3n) is 6.20. The molecule has 3 aromatic rings. The van der Waals surface area contributed by atoms with Crippen LogP contribution in [0.2, 0.25) is 0 Å². The van der Waals surface area contributed by atoms with Crippen molar-refractivity contribution < 1.29 is 19.1 Å². The number of carbonyl (C=O) groups excluding carboxylic acids is 3. The van der Waals surface area contributed by atoms with Gasteiger partial charge in [-0.05, 0) is 38.0 Å². The van der Waals surface area contributed by atoms with E-state index in [-0.39, 0.29) is 5.91 Å². The molecule has 2 aliphatic rings. The first-order valence-corrected chi connectivity index (χ1v) is 11.5. The summed E-state index contributed by atoms with van der Waals surface area (Å²) in [5.74, 6) is -0.947. The van der Waals surface area contributed by atoms with Gasteiger partial charge >= 0.3 is 6.09 Å². The number of benzene rings is 3. The van der Waals surface area contributed by atoms with E-state index in [4.69, 9.17) is 4.74 Å². The number of ether oxygens (including phenoxy) is 1. The van der Waals surface area contributed by atoms with E-state index < -0.39 is 23.1 Å². The largest absolute Gasteiger partial charge is 0.443 e. The minimum Gasteiger partial charge on any atom is -0.443 e. The molecule has 0 saturated heterocycles. The first-order chi connectivity index (χ1) is 16.7. The van der Waals surface area contributed by atoms with Crippen LogP contribution in [0.4, 0.5) is 10.5 Å². The van der Waals surface area contributed by atoms with Crippen LogP contribution in [-0.2, 0) is 26.4 Å². The SMILES string of the molecule is CC(C)(C)OC(=O)N1C(=O)C=C(c2ccccc2)[C@]12C(=O)N(Cc1ccccc1)c1ccccc12. The van der Waals surface area contributed by atoms with Gasteiger partial charge in [0.05, 0.1) is 12.2 Å². The lowest BCUT2D eigenvalue weighted by Gasteiger charge is -2.36. The summed E-state index contributed by atoms with van der Waals surface area (Å²) in [5.41, 5.74) is 0.814. The number of nitrogens with zero attached hydrogens (tertiary/aromatic N) is 2. The van der Waals surface area contributed by atoms with Gasteiger partial charge in [0.15, 0.2) is 5.54 Å². The Morgan fingerprint density at radius 2 is 1.46 bits per heavy atom. The number of hydrogen-bond acceptors (Lipinski definition) is 4. The number of rotatable bonds is 3. The second-order valence-electron chi connectivity index (χ2n) is 9.68. The molecule has 0 fully saturated rings. The molecule has 3 aromatic carbocycles. The quantitative estimate of drug-likeness (QED) is 0.526. The normalized spacial score (nSPS) is 19.2. The van der Waals surface area contributed by atoms with Gasteiger partial charge in [0.1, 0.15) is 5.60 Å². The number of hydrogen-bond donors (Lipinski definition) is 0. The van der Waals surface area contributed by atoms with Crippen LogP contribution in [0.3, 0.4) is 0 Å². The van der Waals surface area contributed by atoms with Crippen molar-refractivity contribution in [2.24, 2.45) is 0 Å². The maximum atomic E-state index is 14.5. The maximum Gasteiger partial charge on any atom is 0.418 e. The third-order valence-corrected chi connectivity index (χ3v) is 6.20. The zero-order valence-corrected chi connectivity index (χ0v) is 19.9. The summed E-state index contributed by atoms with van der Waals surface area (Å²) in [6.07, 6.45) is 0.536. The molecular formula is C29H26N2O4. The zero-order valence-electron chi connectivity index (χ0n) is 19.9. The van der Waals surface area contributed by atoms with Crippen molar-refractivity contribution in [3.63, 3.8) is 0 Å². The molecule has 2 heterocycles. The average molecular weight is 467 g/mol. The zero-order chi connectivity index (χ0) is 24.8. The molecule has 0 aromatic heterocycles. The van der Waals surface area contributed by atoms with Crippen LogP contribution >= 0.6 is 0 Å². The van der Waals surface area contributed by atoms with Gasteiger partial charge in [-0.15, -0.1) is 0 Å². The minimum atomic E-state index is -1.66. The van der Waals surface area contributed by atoms with Gasteiger partial charge in [0.25, 0.3) is 11.8 Å². The molecular weight excluding hydrogens is 440 g/mol. The van der Waals surface area contributed by atoms with Gasteiger partial charge in [-0.1, -0.05) is 78.9 Å². The molecule has 0 bridgehead atoms. The fourth-order valence-corrected chi connectivity index (χ4v) is 4.86. The Labute approximate surface area is 204 Å². The van der Waals surface area contributed by atoms with Crippen molar-refractivity contribution in [1.29, 1.82) is 0 Å². The molecule has 1 spiro atoms. The minimum absolute atomic E-state index is 0.302. The first kappa shape index (κ1) is 22.6. The Morgan fingerprint density at radius 1 is 0.857 bits per heavy atom. The number of imide groups is 1. The molecule has 176 valence electrons. The molecule has 0 unspecified atom stereocenters. The maximum absolute atomic E-state index is 14.5. The Kier molecular flexibility index (Phi) is 5.32. The third kappa shape index (κ3) is 3.62. The molecule has 6 heteroatoms. The highest BCUT2D eigenvalue weighted by molar-refractivity contribution is 6.25. The average Bonchev–Trinajstić information content (AvgIpc) is 3.27. The van der Waals surface area contributed by atoms with Crippen molar-refractivity contribution in [3.8, 4) is 0 Å². The second kappa shape index (κ2) is 8.24. The number of carbonyl (C=O) groups is 3. The lowest BCUT2D eigenvalue weighted by Crippen LogP contribution is -2.55. The summed E-state index contributed by atoms with van der Waals surface area (Å²) in [4.78, 5) is 44.1. The number of anilines is 1. The van der Waals surface area contributed by atoms with Crippen LogP contribution in [0.5, 0.6) is 0 Å². The topological polar surface area (TPSA) is 66.9 Å². The van der Waals surface area contributed by atoms with E-state index >= 15 is 0 Å². The molecule has 35 heavy (non-hydrogen) atoms. The van der Waals surface area contributed by atoms with Crippen molar-refractivity contribution in [3.05, 3.63) is 108 Å². The number of amides is 3. The summed E-state index contributed by atoms with van der Waals surface area (Å²) in [6.45, 7) is 5.50. The molecule has 0 saturated carbocycles. The van der Waals surface area contributed by atoms with Crippen LogP contribution in [0.15, 0.2) is 91.0 Å². The van der Waals surface area contributed by atoms with Crippen LogP contribution in [0.1, 0.15) is 37.5 Å². The Hall–Kier alpha value is -4.19. The highest BCUT2D eigenvalue weighted by Gasteiger charge is 2.64. The van der Waals surface area contributed by atoms with E-state index in [2.05, 4.69) is 0 Å². The highest BCUT2D eigenvalue weighted by Crippen LogP contribution is 2.55. The van der Waals surface area contributed by atoms with Gasteiger partial charge < -0.3 is 9.64 Å². The van der Waals surface area contributed by atoms with Crippen molar-refractivity contribution in [1.82, 2.24) is 4.90 Å². The van der Waals surface area contributed by atoms with E-state index in [1.807, 2.05) is 84.9 Å². The Morgan fingerprint density at radius 3 is 2.11 bits per heavy atom. The highest BCUT2D eigenvalue weighted by atomic mass is 16.6. The lowest BCUT2D eigenvalue weighted by atomic mass is 9.81. The summed E-state index contributed by atoms with van der Waals surface area (Å²) in [5, 5.41) is 0. The molecule has 1 atom stereocenters. The monoisotopic (exact) mass is 466 g/mol. The van der Waals surface area contributed by atoms with Gasteiger partial charge in [0, 0.05) is 17.2 Å². The van der Waals surface area contributed by atoms with Gasteiger partial charge in [0.2, 0.25) is 0 Å². The fourth-order valence-electron chi connectivity index (χ4n) is 4.86. The van der Waals surface area contributed by atoms with E-state index in [0.29, 0.717) is 28.9 Å². The molecule has 6 nitrogen and oxygen atoms in total. The summed E-state index contributed by atoms with van der Waals surface area (Å²) >= 11 is 0. The first-order valence-electron chi connectivity index (χ1n) is 11.5. The van der Waals surface area contributed by atoms with Gasteiger partial charge in [-0.25, -0.2) is 9.69 Å². The summed E-state index contributed by atoms with van der Waals surface area (Å²) < 4.78 is 5.64. The van der Waals surface area contributed by atoms with Crippen LogP contribution in [0.25, 0.3) is 5.57 Å². The summed E-state index contributed by atoms with van der Waals surface area (Å²) in [7, 11) is 0. The van der Waals surface area contributed by atoms with E-state index in [1.165, 1.54) is 6.08 Å². The molecule has 0 aliphatic carbocycles. The second-order valence-corrected chi connectivity index (χ2v) is 9.68. The van der Waals surface area contributed by atoms with E-state index in [0.717, 1.165) is 10.5 Å². The standard InChI is InChI=1S/C29H26N2O4/c1-28(2,3)35-27(34)31-25(32)18-23(21-14-8-5-9-15-21)29(31)22-16-10-11-17-24(22)30(26(29)33)19-20-12-6-4-7-13-20/h4-18H,19H2,1-3H3/t29-/m1/s1. The van der Waals surface area contributed by atoms with Crippen LogP contribution in [-0.4, -0.2) is 28.4 Å². The molecule has 5 rings (SSSR count). The molecule has 2 aliphatic heterocycles. The van der Waals surface area contributed by atoms with Crippen molar-refractivity contribution in [2.75, 3.05) is 4.90 Å². The smallest absolute Gasteiger partial charge is 0.418 e. The summed E-state index contributed by atoms with van der Waals surface area (Å²) in [6, 6.07) is 26.2. The van der Waals surface area contributed by atoms with E-state index in [1.54, 1.807) is 25.7 Å². The van der Waals surface area contributed by atoms with Gasteiger partial charge in [-0.3, -0.25) is 9.59 Å². The Bertz CT molecular complexity index is 1340. The van der Waals surface area contributed by atoms with E-state index in [9.17, 15) is 14.4 Å². The van der Waals surface area contributed by atoms with Crippen molar-refractivity contribution in [2.45, 2.75) is 38.5 Å². The van der Waals surface area contributed by atoms with Crippen molar-refractivity contribution >= 4 is 29.2 Å². The number of para-hydroxylation sites is 1. The van der Waals surface area contributed by atoms with Gasteiger partial charge in [-0.2, -0.15) is 0 Å². The van der Waals surface area contributed by atoms with Crippen LogP contribution < -0.4 is 4.90 Å². The number of fused-ring (bicyclic) bond motifs is 2. The lowest BCUT2D eigenvalue weighted by molar-refractivity contribution is -0.136. The predicted molar refractivity (Wildman–Crippen MR) is 133 cm³/mol.